The predicted molar refractivity (Wildman–Crippen MR) is 89.7 cm³/mol. The monoisotopic (exact) mass is 555 g/mol. The molecule has 1 rings (SSSR count). The van der Waals surface area contributed by atoms with Gasteiger partial charge in [-0.2, -0.15) is 0 Å². The Hall–Kier alpha value is 1.83. The van der Waals surface area contributed by atoms with Gasteiger partial charge < -0.3 is 0 Å². The van der Waals surface area contributed by atoms with Crippen LogP contribution >= 0.6 is 49.9 Å². The van der Waals surface area contributed by atoms with Gasteiger partial charge in [-0.15, -0.1) is 0 Å². The Morgan fingerprint density at radius 1 is 1.41 bits per heavy atom. The van der Waals surface area contributed by atoms with Crippen molar-refractivity contribution in [1.29, 1.82) is 0 Å². The molecule has 0 spiro atoms. The summed E-state index contributed by atoms with van der Waals surface area (Å²) in [6.07, 6.45) is 2.77. The first kappa shape index (κ1) is 16.9. The average molecular weight is 557 g/mol. The molecule has 1 unspecified atom stereocenters. The molecule has 0 saturated carbocycles. The molecule has 98 valence electrons. The maximum atomic E-state index is 5.84. The van der Waals surface area contributed by atoms with Crippen LogP contribution in [0.1, 0.15) is 24.3 Å². The van der Waals surface area contributed by atoms with Gasteiger partial charge >= 0.3 is 131 Å². The van der Waals surface area contributed by atoms with Crippen LogP contribution in [-0.4, -0.2) is 23.2 Å². The van der Waals surface area contributed by atoms with Gasteiger partial charge in [0.1, 0.15) is 0 Å². The third-order valence-corrected chi connectivity index (χ3v) is 14.6. The van der Waals surface area contributed by atoms with Crippen LogP contribution in [0.15, 0.2) is 16.7 Å². The van der Waals surface area contributed by atoms with Crippen molar-refractivity contribution in [3.63, 3.8) is 0 Å². The summed E-state index contributed by atoms with van der Waals surface area (Å²) >= 11 is 11.0. The Morgan fingerprint density at radius 3 is 2.71 bits per heavy atom. The molecule has 7 heteroatoms. The summed E-state index contributed by atoms with van der Waals surface area (Å²) in [6.45, 7) is 1.96. The van der Waals surface area contributed by atoms with Crippen molar-refractivity contribution in [3.05, 3.63) is 23.7 Å². The third kappa shape index (κ3) is 7.25. The van der Waals surface area contributed by atoms with Crippen molar-refractivity contribution in [2.75, 3.05) is 11.5 Å². The number of thioether (sulfide) groups is 1. The molecule has 0 fully saturated rings. The first-order valence-corrected chi connectivity index (χ1v) is 27.7. The van der Waals surface area contributed by atoms with E-state index in [2.05, 4.69) is 38.1 Å². The summed E-state index contributed by atoms with van der Waals surface area (Å²) in [6, 6.07) is 2.02. The van der Waals surface area contributed by atoms with Crippen LogP contribution in [0.4, 0.5) is 0 Å². The summed E-state index contributed by atoms with van der Waals surface area (Å²) in [5.74, 6) is 3.23. The molecule has 1 heterocycles. The van der Waals surface area contributed by atoms with Crippen LogP contribution in [0, 0.1) is 0 Å². The predicted octanol–water partition coefficient (Wildman–Crippen LogP) is 4.70. The summed E-state index contributed by atoms with van der Waals surface area (Å²) in [4.78, 5) is 0. The van der Waals surface area contributed by atoms with Gasteiger partial charge in [0.15, 0.2) is 0 Å². The van der Waals surface area contributed by atoms with Gasteiger partial charge in [0, 0.05) is 0 Å². The first-order valence-electron chi connectivity index (χ1n) is 5.36. The van der Waals surface area contributed by atoms with Gasteiger partial charge in [0.25, 0.3) is 0 Å². The van der Waals surface area contributed by atoms with Gasteiger partial charge in [-0.3, -0.25) is 0 Å². The van der Waals surface area contributed by atoms with Crippen molar-refractivity contribution in [3.8, 4) is 0 Å². The zero-order valence-corrected chi connectivity index (χ0v) is 18.0. The number of halogens is 3. The van der Waals surface area contributed by atoms with E-state index in [0.717, 1.165) is 17.9 Å². The van der Waals surface area contributed by atoms with Gasteiger partial charge in [0.2, 0.25) is 0 Å². The zero-order chi connectivity index (χ0) is 12.9. The Kier molecular flexibility index (Phi) is 8.13. The molecule has 0 aliphatic rings. The molecule has 0 saturated heterocycles. The van der Waals surface area contributed by atoms with E-state index in [9.17, 15) is 0 Å². The first-order chi connectivity index (χ1) is 7.90. The van der Waals surface area contributed by atoms with Crippen LogP contribution in [0.3, 0.4) is 0 Å². The second-order valence-electron chi connectivity index (χ2n) is 3.83. The summed E-state index contributed by atoms with van der Waals surface area (Å²) < 4.78 is 6.62. The van der Waals surface area contributed by atoms with E-state index < -0.39 is 11.7 Å². The summed E-state index contributed by atoms with van der Waals surface area (Å²) in [5, 5.41) is 0. The molecule has 2 nitrogen and oxygen atoms in total. The standard InChI is InChI=1S/C10H16NOS.3BrH.Sn/c1-3-13-7-5-9-4-6-12-10(9)8(2)11;;;;/h4,6,8H,1,3,5,7,11H2,2H3;3*1H;/q;;;;+3/p-3. The quantitative estimate of drug-likeness (QED) is 0.391. The Bertz CT molecular complexity index is 341. The van der Waals surface area contributed by atoms with Crippen LogP contribution in [0.2, 0.25) is 4.44 Å². The number of hydrogen-bond acceptors (Lipinski definition) is 3. The normalized spacial score (nSPS) is 13.9. The molecule has 0 amide bonds. The summed E-state index contributed by atoms with van der Waals surface area (Å²) in [7, 11) is 0. The van der Waals surface area contributed by atoms with E-state index in [4.69, 9.17) is 10.2 Å². The minimum atomic E-state index is -2.09. The van der Waals surface area contributed by atoms with Crippen molar-refractivity contribution in [2.24, 2.45) is 5.73 Å². The molecular formula is C10H16Br3NOSSn. The van der Waals surface area contributed by atoms with E-state index in [-0.39, 0.29) is 6.04 Å². The Balaban J connectivity index is 2.25. The molecule has 1 atom stereocenters. The Morgan fingerprint density at radius 2 is 2.12 bits per heavy atom. The number of rotatable bonds is 7. The van der Waals surface area contributed by atoms with Gasteiger partial charge in [-0.25, -0.2) is 0 Å². The molecule has 0 aliphatic heterocycles. The number of nitrogens with two attached hydrogens (primary N) is 1. The zero-order valence-electron chi connectivity index (χ0n) is 9.59. The van der Waals surface area contributed by atoms with E-state index in [0.29, 0.717) is 0 Å². The molecule has 0 bridgehead atoms. The number of furan rings is 1. The molecule has 0 aromatic carbocycles. The van der Waals surface area contributed by atoms with Crippen molar-refractivity contribution in [1.82, 2.24) is 0 Å². The second kappa shape index (κ2) is 8.19. The van der Waals surface area contributed by atoms with Gasteiger partial charge in [-0.1, -0.05) is 0 Å². The van der Waals surface area contributed by atoms with Gasteiger partial charge in [0.05, 0.1) is 0 Å². The Labute approximate surface area is 129 Å². The van der Waals surface area contributed by atoms with Crippen molar-refractivity contribution in [2.45, 2.75) is 23.8 Å². The fourth-order valence-corrected chi connectivity index (χ4v) is 15.4. The molecule has 1 aromatic rings. The number of aryl methyl sites for hydroxylation is 1. The molecular weight excluding hydrogens is 541 g/mol. The molecule has 17 heavy (non-hydrogen) atoms. The number of hydrogen-bond donors (Lipinski definition) is 1. The summed E-state index contributed by atoms with van der Waals surface area (Å²) in [5.41, 5.74) is 7.08. The minimum absolute atomic E-state index is 0.0125. The van der Waals surface area contributed by atoms with Crippen LogP contribution < -0.4 is 5.73 Å². The molecule has 0 aliphatic carbocycles. The van der Waals surface area contributed by atoms with E-state index in [1.165, 1.54) is 15.8 Å². The maximum absolute atomic E-state index is 5.84. The average Bonchev–Trinajstić information content (AvgIpc) is 2.63. The van der Waals surface area contributed by atoms with E-state index >= 15 is 0 Å². The molecule has 0 radical (unpaired) electrons. The van der Waals surface area contributed by atoms with E-state index in [1.54, 1.807) is 6.26 Å². The van der Waals surface area contributed by atoms with Crippen LogP contribution in [0.5, 0.6) is 0 Å². The SMILES string of the molecule is CC(N)c1occc1CCSC[CH2][Sn]([Br])([Br])[Br]. The molecule has 2 N–H and O–H groups in total. The van der Waals surface area contributed by atoms with Crippen molar-refractivity contribution >= 4 is 61.6 Å². The van der Waals surface area contributed by atoms with Crippen LogP contribution in [-0.2, 0) is 6.42 Å². The molecule has 1 aromatic heterocycles. The fraction of sp³-hybridized carbons (Fsp3) is 0.600. The van der Waals surface area contributed by atoms with Crippen LogP contribution in [0.25, 0.3) is 0 Å². The second-order valence-corrected chi connectivity index (χ2v) is 58.6. The topological polar surface area (TPSA) is 39.2 Å². The van der Waals surface area contributed by atoms with Gasteiger partial charge in [-0.05, 0) is 0 Å². The third-order valence-electron chi connectivity index (χ3n) is 2.24. The fourth-order valence-electron chi connectivity index (χ4n) is 1.43. The van der Waals surface area contributed by atoms with Crippen molar-refractivity contribution < 1.29 is 4.42 Å². The van der Waals surface area contributed by atoms with E-state index in [1.807, 2.05) is 24.8 Å².